The van der Waals surface area contributed by atoms with E-state index in [-0.39, 0.29) is 25.0 Å². The van der Waals surface area contributed by atoms with Gasteiger partial charge in [0.15, 0.2) is 5.69 Å². The molecule has 1 aromatic carbocycles. The summed E-state index contributed by atoms with van der Waals surface area (Å²) in [5, 5.41) is 16.5. The summed E-state index contributed by atoms with van der Waals surface area (Å²) in [6.07, 6.45) is 4.92. The highest BCUT2D eigenvalue weighted by Gasteiger charge is 2.16. The van der Waals surface area contributed by atoms with Crippen molar-refractivity contribution < 1.29 is 19.4 Å². The van der Waals surface area contributed by atoms with Crippen LogP contribution in [0.3, 0.4) is 0 Å². The molecule has 0 atom stereocenters. The Morgan fingerprint density at radius 3 is 2.24 bits per heavy atom. The lowest BCUT2D eigenvalue weighted by molar-refractivity contribution is -0.115. The zero-order chi connectivity index (χ0) is 24.8. The van der Waals surface area contributed by atoms with Gasteiger partial charge in [0.05, 0.1) is 7.11 Å². The van der Waals surface area contributed by atoms with Crippen LogP contribution in [0.2, 0.25) is 0 Å². The van der Waals surface area contributed by atoms with Crippen LogP contribution in [0.15, 0.2) is 23.1 Å². The number of nitrogens with zero attached hydrogens (tertiary/aromatic N) is 2. The van der Waals surface area contributed by atoms with Gasteiger partial charge >= 0.3 is 5.97 Å². The predicted molar refractivity (Wildman–Crippen MR) is 140 cm³/mol. The van der Waals surface area contributed by atoms with E-state index in [1.807, 2.05) is 45.4 Å². The van der Waals surface area contributed by atoms with Crippen LogP contribution in [-0.4, -0.2) is 33.7 Å². The predicted octanol–water partition coefficient (Wildman–Crippen LogP) is 5.50. The number of hydrogen-bond acceptors (Lipinski definition) is 6. The van der Waals surface area contributed by atoms with E-state index in [4.69, 9.17) is 4.74 Å². The van der Waals surface area contributed by atoms with Gasteiger partial charge in [0.25, 0.3) is 0 Å². The molecule has 0 radical (unpaired) electrons. The van der Waals surface area contributed by atoms with Gasteiger partial charge in [0.1, 0.15) is 11.5 Å². The lowest BCUT2D eigenvalue weighted by Crippen LogP contribution is -2.24. The van der Waals surface area contributed by atoms with Crippen molar-refractivity contribution in [2.75, 3.05) is 7.11 Å². The smallest absolute Gasteiger partial charge is 0.358 e. The van der Waals surface area contributed by atoms with E-state index in [0.717, 1.165) is 27.4 Å². The number of phenols is 1. The zero-order valence-electron chi connectivity index (χ0n) is 20.9. The minimum Gasteiger partial charge on any atom is -0.507 e. The summed E-state index contributed by atoms with van der Waals surface area (Å²) in [4.78, 5) is 22.2. The van der Waals surface area contributed by atoms with Crippen LogP contribution in [0.4, 0.5) is 0 Å². The van der Waals surface area contributed by atoms with Gasteiger partial charge in [-0.15, -0.1) is 11.8 Å². The number of aromatic hydroxyl groups is 1. The number of aromatic nitrogens is 2. The Morgan fingerprint density at radius 2 is 1.79 bits per heavy atom. The Morgan fingerprint density at radius 1 is 1.21 bits per heavy atom. The normalized spacial score (nSPS) is 11.1. The van der Waals surface area contributed by atoms with Crippen LogP contribution in [-0.2, 0) is 15.3 Å². The highest BCUT2D eigenvalue weighted by molar-refractivity contribution is 7.98. The van der Waals surface area contributed by atoms with Crippen molar-refractivity contribution >= 4 is 35.7 Å². The Bertz CT molecular complexity index is 990. The molecule has 0 unspecified atom stereocenters. The maximum atomic E-state index is 11.8. The maximum absolute atomic E-state index is 11.8. The number of ketones is 1. The van der Waals surface area contributed by atoms with Crippen LogP contribution in [0, 0.1) is 0 Å². The quantitative estimate of drug-likeness (QED) is 0.436. The van der Waals surface area contributed by atoms with Crippen molar-refractivity contribution in [3.05, 3.63) is 40.0 Å². The van der Waals surface area contributed by atoms with Gasteiger partial charge in [-0.1, -0.05) is 40.3 Å². The summed E-state index contributed by atoms with van der Waals surface area (Å²) in [7, 11) is 1.35. The number of Topliss-reactive ketones (excluding diaryl/α,β-unsaturated/α-hetero) is 1. The number of benzene rings is 1. The maximum Gasteiger partial charge on any atom is 0.358 e. The average Bonchev–Trinajstić information content (AvgIpc) is 3.17. The molecule has 0 spiro atoms. The molecule has 6 nitrogen and oxygen atoms in total. The van der Waals surface area contributed by atoms with Crippen molar-refractivity contribution in [2.45, 2.75) is 85.9 Å². The standard InChI is InChI=1S/C20H26N2O3S.C3H6O.C2H6.CH4/c1-6-8-14-9-16(11-19(23)17(14)7-2)26-12-15-10-18(20(24)25-5)21-22(15)13(3)4;1-3(2)4;1-2;/h7-11,13,23H,6,12H2,1-5H3;1-2H3;1-2H3;1H4/b14-8-,17-7+;;;. The number of ether oxygens (including phenoxy) is 1. The van der Waals surface area contributed by atoms with E-state index in [2.05, 4.69) is 24.2 Å². The Kier molecular flexibility index (Phi) is 16.8. The minimum atomic E-state index is -0.434. The number of hydrogen-bond donors (Lipinski definition) is 1. The number of carbonyl (C=O) groups excluding carboxylic acids is 2. The van der Waals surface area contributed by atoms with Crippen molar-refractivity contribution in [1.82, 2.24) is 9.78 Å². The molecule has 1 N–H and O–H groups in total. The van der Waals surface area contributed by atoms with Crippen LogP contribution >= 0.6 is 11.8 Å². The van der Waals surface area contributed by atoms with Crippen LogP contribution in [0.1, 0.15) is 91.5 Å². The van der Waals surface area contributed by atoms with E-state index in [9.17, 15) is 14.7 Å². The summed E-state index contributed by atoms with van der Waals surface area (Å²) in [5.74, 6) is 0.656. The van der Waals surface area contributed by atoms with Gasteiger partial charge in [-0.2, -0.15) is 5.10 Å². The molecule has 1 aromatic heterocycles. The van der Waals surface area contributed by atoms with Gasteiger partial charge in [0.2, 0.25) is 0 Å². The fourth-order valence-corrected chi connectivity index (χ4v) is 3.70. The number of esters is 1. The number of carbonyl (C=O) groups is 2. The van der Waals surface area contributed by atoms with Gasteiger partial charge in [-0.25, -0.2) is 4.79 Å². The minimum absolute atomic E-state index is 0. The molecule has 7 heteroatoms. The van der Waals surface area contributed by atoms with Crippen LogP contribution in [0.25, 0.3) is 12.2 Å². The van der Waals surface area contributed by atoms with Gasteiger partial charge in [-0.05, 0) is 64.5 Å². The van der Waals surface area contributed by atoms with Crippen molar-refractivity contribution in [3.63, 3.8) is 0 Å². The molecule has 0 aliphatic heterocycles. The molecule has 2 aromatic rings. The molecule has 0 fully saturated rings. The molecule has 0 saturated carbocycles. The van der Waals surface area contributed by atoms with Gasteiger partial charge in [-0.3, -0.25) is 4.68 Å². The summed E-state index contributed by atoms with van der Waals surface area (Å²) in [6.45, 7) is 15.1. The molecular formula is C26H42N2O4S. The molecule has 0 aliphatic carbocycles. The first-order valence-electron chi connectivity index (χ1n) is 10.9. The Hall–Kier alpha value is -2.54. The number of methoxy groups -OCH3 is 1. The molecular weight excluding hydrogens is 436 g/mol. The summed E-state index contributed by atoms with van der Waals surface area (Å²) in [6, 6.07) is 5.77. The SMILES string of the molecule is C.C/C=c1/c(O)cc(SCc2cc(C(=O)OC)nn2C(C)C)c/c1=C/CC.CC.CC(C)=O. The summed E-state index contributed by atoms with van der Waals surface area (Å²) >= 11 is 1.60. The second kappa shape index (κ2) is 17.0. The Balaban J connectivity index is 0. The average molecular weight is 479 g/mol. The van der Waals surface area contributed by atoms with Gasteiger partial charge in [0, 0.05) is 27.6 Å². The fraction of sp³-hybridized carbons (Fsp3) is 0.500. The highest BCUT2D eigenvalue weighted by atomic mass is 32.2. The topological polar surface area (TPSA) is 81.4 Å². The number of thioether (sulfide) groups is 1. The monoisotopic (exact) mass is 478 g/mol. The fourth-order valence-electron chi connectivity index (χ4n) is 2.77. The molecule has 0 saturated heterocycles. The first-order chi connectivity index (χ1) is 15.1. The lowest BCUT2D eigenvalue weighted by Gasteiger charge is -2.11. The van der Waals surface area contributed by atoms with Crippen molar-refractivity contribution in [1.29, 1.82) is 0 Å². The molecule has 0 aliphatic rings. The molecule has 0 amide bonds. The first-order valence-corrected chi connectivity index (χ1v) is 11.9. The first kappa shape index (κ1) is 32.6. The second-order valence-electron chi connectivity index (χ2n) is 7.09. The van der Waals surface area contributed by atoms with E-state index >= 15 is 0 Å². The van der Waals surface area contributed by atoms with Crippen LogP contribution in [0.5, 0.6) is 5.75 Å². The van der Waals surface area contributed by atoms with Crippen LogP contribution < -0.4 is 10.4 Å². The van der Waals surface area contributed by atoms with E-state index in [0.29, 0.717) is 11.4 Å². The second-order valence-corrected chi connectivity index (χ2v) is 8.14. The molecule has 0 bridgehead atoms. The third-order valence-electron chi connectivity index (χ3n) is 3.96. The molecule has 1 heterocycles. The Labute approximate surface area is 203 Å². The third-order valence-corrected chi connectivity index (χ3v) is 4.97. The molecule has 2 rings (SSSR count). The summed E-state index contributed by atoms with van der Waals surface area (Å²) < 4.78 is 6.61. The highest BCUT2D eigenvalue weighted by Crippen LogP contribution is 2.25. The molecule has 186 valence electrons. The number of rotatable bonds is 6. The number of phenolic OH excluding ortho intramolecular Hbond substituents is 1. The van der Waals surface area contributed by atoms with Gasteiger partial charge < -0.3 is 14.6 Å². The van der Waals surface area contributed by atoms with Crippen molar-refractivity contribution in [3.8, 4) is 5.75 Å². The van der Waals surface area contributed by atoms with E-state index in [1.165, 1.54) is 21.0 Å². The lowest BCUT2D eigenvalue weighted by atomic mass is 10.2. The third kappa shape index (κ3) is 10.7. The largest absolute Gasteiger partial charge is 0.507 e. The zero-order valence-corrected chi connectivity index (χ0v) is 21.7. The molecule has 33 heavy (non-hydrogen) atoms. The van der Waals surface area contributed by atoms with E-state index < -0.39 is 5.97 Å². The van der Waals surface area contributed by atoms with E-state index in [1.54, 1.807) is 23.9 Å². The summed E-state index contributed by atoms with van der Waals surface area (Å²) in [5.41, 5.74) is 1.26. The van der Waals surface area contributed by atoms with Crippen molar-refractivity contribution in [2.24, 2.45) is 0 Å².